The summed E-state index contributed by atoms with van der Waals surface area (Å²) >= 11 is 0. The molecule has 0 aromatic heterocycles. The maximum Gasteiger partial charge on any atom is 0.294 e. The molecule has 3 amide bonds. The van der Waals surface area contributed by atoms with E-state index in [1.807, 2.05) is 0 Å². The monoisotopic (exact) mass is 939 g/mol. The predicted octanol–water partition coefficient (Wildman–Crippen LogP) is 3.81. The number of hydrogen-bond donors (Lipinski definition) is 9. The van der Waals surface area contributed by atoms with Gasteiger partial charge in [-0.05, 0) is 76.4 Å². The van der Waals surface area contributed by atoms with Crippen molar-refractivity contribution in [3.05, 3.63) is 88.0 Å². The number of amides is 3. The van der Waals surface area contributed by atoms with Crippen LogP contribution in [0.4, 0.5) is 0 Å². The van der Waals surface area contributed by atoms with E-state index < -0.39 is 132 Å². The Morgan fingerprint density at radius 2 is 0.619 bits per heavy atom. The van der Waals surface area contributed by atoms with Gasteiger partial charge in [-0.15, -0.1) is 0 Å². The van der Waals surface area contributed by atoms with Crippen LogP contribution in [-0.4, -0.2) is 120 Å². The second kappa shape index (κ2) is 18.3. The van der Waals surface area contributed by atoms with E-state index in [9.17, 15) is 83.9 Å². The number of phenolic OH excluding ortho intramolecular Hbond substituents is 6. The first kappa shape index (κ1) is 49.5. The van der Waals surface area contributed by atoms with Crippen LogP contribution < -0.4 is 0 Å². The fraction of sp³-hybridized carbons (Fsp3) is 0.308. The molecule has 0 aliphatic rings. The molecule has 4 rings (SSSR count). The van der Waals surface area contributed by atoms with E-state index in [1.165, 1.54) is 18.2 Å². The SMILES string of the molecule is CC(C)N(Cc1cc(CN(C(=O)c2cc(S(=O)(=O)O)cc(O)c2O)C(C)C)cc(CN(C(=O)c2cc(S(=O)(=O)O)cc(O)c2O)C(C)C)c1)C(=O)c1cc(S(=O)(=O)O)cc(O)c1O. The normalized spacial score (nSPS) is 12.2. The molecule has 0 heterocycles. The Morgan fingerprint density at radius 3 is 0.794 bits per heavy atom. The van der Waals surface area contributed by atoms with E-state index in [0.717, 1.165) is 14.7 Å². The Balaban J connectivity index is 1.91. The fourth-order valence-electron chi connectivity index (χ4n) is 6.35. The summed E-state index contributed by atoms with van der Waals surface area (Å²) < 4.78 is 100. The number of carbonyl (C=O) groups excluding carboxylic acids is 3. The Labute approximate surface area is 361 Å². The molecule has 0 fully saturated rings. The molecule has 4 aromatic rings. The van der Waals surface area contributed by atoms with Crippen molar-refractivity contribution < 1.29 is 83.9 Å². The van der Waals surface area contributed by atoms with Crippen molar-refractivity contribution in [1.82, 2.24) is 14.7 Å². The average Bonchev–Trinajstić information content (AvgIpc) is 3.15. The molecule has 21 nitrogen and oxygen atoms in total. The lowest BCUT2D eigenvalue weighted by Crippen LogP contribution is -2.38. The molecule has 24 heteroatoms. The molecule has 4 aromatic carbocycles. The summed E-state index contributed by atoms with van der Waals surface area (Å²) in [6, 6.07) is 5.80. The molecule has 0 unspecified atom stereocenters. The molecule has 0 spiro atoms. The lowest BCUT2D eigenvalue weighted by Gasteiger charge is -2.31. The smallest absolute Gasteiger partial charge is 0.294 e. The largest absolute Gasteiger partial charge is 0.504 e. The van der Waals surface area contributed by atoms with Gasteiger partial charge in [0.1, 0.15) is 0 Å². The minimum Gasteiger partial charge on any atom is -0.504 e. The van der Waals surface area contributed by atoms with E-state index >= 15 is 0 Å². The van der Waals surface area contributed by atoms with Crippen LogP contribution in [0.15, 0.2) is 69.3 Å². The van der Waals surface area contributed by atoms with Crippen LogP contribution in [0.2, 0.25) is 0 Å². The lowest BCUT2D eigenvalue weighted by atomic mass is 10.0. The molecule has 0 bridgehead atoms. The van der Waals surface area contributed by atoms with Gasteiger partial charge in [0.15, 0.2) is 34.5 Å². The zero-order valence-electron chi connectivity index (χ0n) is 34.3. The molecule has 342 valence electrons. The van der Waals surface area contributed by atoms with Gasteiger partial charge in [-0.3, -0.25) is 28.0 Å². The summed E-state index contributed by atoms with van der Waals surface area (Å²) in [5.41, 5.74) is -1.42. The van der Waals surface area contributed by atoms with Gasteiger partial charge < -0.3 is 45.3 Å². The van der Waals surface area contributed by atoms with Gasteiger partial charge in [0.25, 0.3) is 48.1 Å². The van der Waals surface area contributed by atoms with Crippen LogP contribution in [-0.2, 0) is 50.0 Å². The number of nitrogens with zero attached hydrogens (tertiary/aromatic N) is 3. The zero-order valence-corrected chi connectivity index (χ0v) is 36.8. The average molecular weight is 940 g/mol. The first-order valence-electron chi connectivity index (χ1n) is 18.5. The molecule has 0 aliphatic carbocycles. The molecule has 63 heavy (non-hydrogen) atoms. The molecular weight excluding hydrogens is 895 g/mol. The van der Waals surface area contributed by atoms with Gasteiger partial charge in [0, 0.05) is 56.0 Å². The number of rotatable bonds is 15. The van der Waals surface area contributed by atoms with Gasteiger partial charge in [0.2, 0.25) is 0 Å². The van der Waals surface area contributed by atoms with Crippen molar-refractivity contribution in [2.24, 2.45) is 0 Å². The molecular formula is C39H45N3O18S3. The Hall–Kier alpha value is -6.18. The first-order valence-corrected chi connectivity index (χ1v) is 22.8. The van der Waals surface area contributed by atoms with Gasteiger partial charge in [-0.1, -0.05) is 18.2 Å². The van der Waals surface area contributed by atoms with Crippen molar-refractivity contribution in [1.29, 1.82) is 0 Å². The van der Waals surface area contributed by atoms with Gasteiger partial charge >= 0.3 is 0 Å². The van der Waals surface area contributed by atoms with Gasteiger partial charge in [-0.25, -0.2) is 0 Å². The van der Waals surface area contributed by atoms with Gasteiger partial charge in [-0.2, -0.15) is 25.3 Å². The van der Waals surface area contributed by atoms with E-state index in [1.54, 1.807) is 41.5 Å². The van der Waals surface area contributed by atoms with Crippen LogP contribution in [0.3, 0.4) is 0 Å². The summed E-state index contributed by atoms with van der Waals surface area (Å²) in [6.07, 6.45) is 0. The highest BCUT2D eigenvalue weighted by Crippen LogP contribution is 2.37. The van der Waals surface area contributed by atoms with Crippen molar-refractivity contribution in [3.8, 4) is 34.5 Å². The van der Waals surface area contributed by atoms with Gasteiger partial charge in [0.05, 0.1) is 31.4 Å². The highest BCUT2D eigenvalue weighted by atomic mass is 32.2. The number of benzene rings is 4. The number of phenols is 6. The van der Waals surface area contributed by atoms with Crippen LogP contribution >= 0.6 is 0 Å². The highest BCUT2D eigenvalue weighted by molar-refractivity contribution is 7.86. The molecule has 0 radical (unpaired) electrons. The Kier molecular flexibility index (Phi) is 14.3. The third-order valence-electron chi connectivity index (χ3n) is 9.60. The van der Waals surface area contributed by atoms with Crippen molar-refractivity contribution >= 4 is 48.1 Å². The minimum atomic E-state index is -4.99. The Morgan fingerprint density at radius 1 is 0.413 bits per heavy atom. The highest BCUT2D eigenvalue weighted by Gasteiger charge is 2.31. The fourth-order valence-corrected chi connectivity index (χ4v) is 7.93. The van der Waals surface area contributed by atoms with Crippen molar-refractivity contribution in [2.45, 2.75) is 94.0 Å². The quantitative estimate of drug-likeness (QED) is 0.0604. The Bertz CT molecular complexity index is 2510. The van der Waals surface area contributed by atoms with Crippen molar-refractivity contribution in [3.63, 3.8) is 0 Å². The molecule has 9 N–H and O–H groups in total. The maximum atomic E-state index is 14.0. The van der Waals surface area contributed by atoms with E-state index in [4.69, 9.17) is 0 Å². The van der Waals surface area contributed by atoms with Crippen LogP contribution in [0.5, 0.6) is 34.5 Å². The molecule has 0 atom stereocenters. The van der Waals surface area contributed by atoms with E-state index in [0.29, 0.717) is 36.4 Å². The summed E-state index contributed by atoms with van der Waals surface area (Å²) in [7, 11) is -15.0. The van der Waals surface area contributed by atoms with E-state index in [2.05, 4.69) is 0 Å². The minimum absolute atomic E-state index is 0.245. The molecule has 0 aliphatic heterocycles. The van der Waals surface area contributed by atoms with Crippen LogP contribution in [0, 0.1) is 0 Å². The molecule has 0 saturated carbocycles. The summed E-state index contributed by atoms with van der Waals surface area (Å²) in [5.74, 6) is -9.24. The van der Waals surface area contributed by atoms with Crippen LogP contribution in [0.1, 0.15) is 89.3 Å². The van der Waals surface area contributed by atoms with Crippen molar-refractivity contribution in [2.75, 3.05) is 0 Å². The summed E-state index contributed by atoms with van der Waals surface area (Å²) in [4.78, 5) is 42.7. The van der Waals surface area contributed by atoms with Crippen LogP contribution in [0.25, 0.3) is 0 Å². The maximum absolute atomic E-state index is 14.0. The lowest BCUT2D eigenvalue weighted by molar-refractivity contribution is 0.0681. The zero-order chi connectivity index (χ0) is 47.8. The third kappa shape index (κ3) is 11.3. The topological polar surface area (TPSA) is 345 Å². The standard InChI is InChI=1S/C39H45N3O18S3/c1-19(2)40(37(49)28-10-25(61(52,53)54)13-31(43)34(28)46)16-22-7-23(17-41(20(3)4)38(50)29-11-26(62(55,56)57)14-32(44)35(29)47)9-24(8-22)18-42(21(5)6)39(51)30-12-27(63(58,59)60)15-33(45)36(30)48/h7-15,19-21,43-48H,16-18H2,1-6H3,(H,52,53,54)(H,55,56,57)(H,58,59,60). The molecule has 0 saturated heterocycles. The second-order valence-electron chi connectivity index (χ2n) is 15.2. The van der Waals surface area contributed by atoms with E-state index in [-0.39, 0.29) is 36.3 Å². The third-order valence-corrected chi connectivity index (χ3v) is 12.1. The number of carbonyl (C=O) groups is 3. The number of hydrogen-bond acceptors (Lipinski definition) is 15. The first-order chi connectivity index (χ1) is 28.8. The second-order valence-corrected chi connectivity index (χ2v) is 19.4. The summed E-state index contributed by atoms with van der Waals surface area (Å²) in [6.45, 7) is 8.21. The predicted molar refractivity (Wildman–Crippen MR) is 220 cm³/mol. The number of aromatic hydroxyl groups is 6. The summed E-state index contributed by atoms with van der Waals surface area (Å²) in [5, 5.41) is 62.6.